The lowest BCUT2D eigenvalue weighted by atomic mass is 10.2. The summed E-state index contributed by atoms with van der Waals surface area (Å²) in [5, 5.41) is 2.61. The van der Waals surface area contributed by atoms with E-state index in [1.807, 2.05) is 0 Å². The molecular weight excluding hydrogens is 198 g/mol. The number of pyridine rings is 1. The van der Waals surface area contributed by atoms with Crippen molar-refractivity contribution in [2.75, 3.05) is 5.32 Å². The van der Waals surface area contributed by atoms with Gasteiger partial charge in [-0.1, -0.05) is 0 Å². The van der Waals surface area contributed by atoms with Crippen LogP contribution < -0.4 is 11.1 Å². The molecule has 0 aromatic carbocycles. The first-order valence-corrected chi connectivity index (χ1v) is 4.35. The summed E-state index contributed by atoms with van der Waals surface area (Å²) in [6, 6.07) is 1.77. The lowest BCUT2D eigenvalue weighted by Crippen LogP contribution is -2.12. The zero-order valence-corrected chi connectivity index (χ0v) is 7.82. The van der Waals surface area contributed by atoms with Crippen LogP contribution in [-0.2, 0) is 22.6 Å². The van der Waals surface area contributed by atoms with Crippen LogP contribution in [0, 0.1) is 0 Å². The van der Waals surface area contributed by atoms with Gasteiger partial charge in [0.1, 0.15) is 12.4 Å². The highest BCUT2D eigenvalue weighted by Crippen LogP contribution is 2.20. The van der Waals surface area contributed by atoms with Gasteiger partial charge in [0, 0.05) is 17.3 Å². The molecule has 0 atom stereocenters. The van der Waals surface area contributed by atoms with Crippen molar-refractivity contribution < 1.29 is 14.3 Å². The van der Waals surface area contributed by atoms with E-state index in [0.29, 0.717) is 17.8 Å². The highest BCUT2D eigenvalue weighted by atomic mass is 16.5. The number of rotatable bonds is 2. The van der Waals surface area contributed by atoms with E-state index >= 15 is 0 Å². The van der Waals surface area contributed by atoms with Crippen molar-refractivity contribution in [2.24, 2.45) is 5.73 Å². The fourth-order valence-corrected chi connectivity index (χ4v) is 1.39. The van der Waals surface area contributed by atoms with Gasteiger partial charge < -0.3 is 15.8 Å². The van der Waals surface area contributed by atoms with Crippen LogP contribution in [0.5, 0.6) is 0 Å². The number of nitrogens with one attached hydrogen (secondary N) is 1. The van der Waals surface area contributed by atoms with Crippen molar-refractivity contribution in [1.29, 1.82) is 0 Å². The number of aromatic nitrogens is 1. The number of anilines is 1. The van der Waals surface area contributed by atoms with Gasteiger partial charge in [0.05, 0.1) is 6.42 Å². The zero-order chi connectivity index (χ0) is 10.8. The van der Waals surface area contributed by atoms with Crippen molar-refractivity contribution in [1.82, 2.24) is 4.98 Å². The van der Waals surface area contributed by atoms with Gasteiger partial charge in [0.25, 0.3) is 0 Å². The van der Waals surface area contributed by atoms with E-state index in [4.69, 9.17) is 5.73 Å². The number of primary amides is 1. The van der Waals surface area contributed by atoms with Gasteiger partial charge in [-0.3, -0.25) is 4.79 Å². The van der Waals surface area contributed by atoms with Gasteiger partial charge in [-0.05, 0) is 6.07 Å². The van der Waals surface area contributed by atoms with Gasteiger partial charge in [0.15, 0.2) is 0 Å². The van der Waals surface area contributed by atoms with E-state index in [1.165, 1.54) is 6.20 Å². The summed E-state index contributed by atoms with van der Waals surface area (Å²) in [6.45, 7) is 0.0732. The second-order valence-electron chi connectivity index (χ2n) is 3.18. The molecule has 0 saturated heterocycles. The minimum Gasteiger partial charge on any atom is -0.445 e. The summed E-state index contributed by atoms with van der Waals surface area (Å²) in [7, 11) is 0. The predicted molar refractivity (Wildman–Crippen MR) is 50.9 cm³/mol. The van der Waals surface area contributed by atoms with E-state index in [1.54, 1.807) is 6.07 Å². The number of fused-ring (bicyclic) bond motifs is 1. The molecule has 2 rings (SSSR count). The van der Waals surface area contributed by atoms with Crippen LogP contribution >= 0.6 is 0 Å². The van der Waals surface area contributed by atoms with E-state index in [0.717, 1.165) is 5.56 Å². The third-order valence-corrected chi connectivity index (χ3v) is 2.01. The Morgan fingerprint density at radius 3 is 3.20 bits per heavy atom. The SMILES string of the molecule is NC(=O)OCc1cnc2c(c1)CC(=O)N2. The molecule has 0 radical (unpaired) electrons. The number of nitrogens with zero attached hydrogens (tertiary/aromatic N) is 1. The molecule has 1 aliphatic rings. The Labute approximate surface area is 85.4 Å². The number of hydrogen-bond acceptors (Lipinski definition) is 4. The van der Waals surface area contributed by atoms with Crippen LogP contribution in [0.1, 0.15) is 11.1 Å². The summed E-state index contributed by atoms with van der Waals surface area (Å²) in [4.78, 5) is 25.4. The van der Waals surface area contributed by atoms with E-state index in [9.17, 15) is 9.59 Å². The van der Waals surface area contributed by atoms with Crippen LogP contribution in [0.25, 0.3) is 0 Å². The Balaban J connectivity index is 2.13. The molecule has 0 aliphatic carbocycles. The molecular formula is C9H9N3O3. The van der Waals surface area contributed by atoms with Crippen LogP contribution in [-0.4, -0.2) is 17.0 Å². The Hall–Kier alpha value is -2.11. The average molecular weight is 207 g/mol. The lowest BCUT2D eigenvalue weighted by molar-refractivity contribution is -0.115. The standard InChI is InChI=1S/C9H9N3O3/c10-9(14)15-4-5-1-6-2-7(13)12-8(6)11-3-5/h1,3H,2,4H2,(H2,10,14)(H,11,12,13). The molecule has 3 N–H and O–H groups in total. The summed E-state index contributed by atoms with van der Waals surface area (Å²) in [5.41, 5.74) is 6.35. The average Bonchev–Trinajstić information content (AvgIpc) is 2.53. The van der Waals surface area contributed by atoms with Gasteiger partial charge in [-0.25, -0.2) is 9.78 Å². The number of amides is 2. The summed E-state index contributed by atoms with van der Waals surface area (Å²) in [6.07, 6.45) is 1.02. The van der Waals surface area contributed by atoms with Crippen molar-refractivity contribution in [3.63, 3.8) is 0 Å². The lowest BCUT2D eigenvalue weighted by Gasteiger charge is -2.03. The number of hydrogen-bond donors (Lipinski definition) is 2. The van der Waals surface area contributed by atoms with Crippen LogP contribution in [0.15, 0.2) is 12.3 Å². The number of ether oxygens (including phenoxy) is 1. The molecule has 0 saturated carbocycles. The topological polar surface area (TPSA) is 94.3 Å². The number of nitrogens with two attached hydrogens (primary N) is 1. The largest absolute Gasteiger partial charge is 0.445 e. The minimum atomic E-state index is -0.829. The van der Waals surface area contributed by atoms with Crippen molar-refractivity contribution >= 4 is 17.8 Å². The molecule has 6 nitrogen and oxygen atoms in total. The normalized spacial score (nSPS) is 13.2. The first-order valence-electron chi connectivity index (χ1n) is 4.35. The van der Waals surface area contributed by atoms with Crippen molar-refractivity contribution in [3.8, 4) is 0 Å². The van der Waals surface area contributed by atoms with Gasteiger partial charge in [0.2, 0.25) is 5.91 Å². The third-order valence-electron chi connectivity index (χ3n) is 2.01. The summed E-state index contributed by atoms with van der Waals surface area (Å²) < 4.78 is 4.61. The molecule has 0 fully saturated rings. The smallest absolute Gasteiger partial charge is 0.404 e. The Morgan fingerprint density at radius 1 is 1.67 bits per heavy atom. The maximum Gasteiger partial charge on any atom is 0.404 e. The maximum absolute atomic E-state index is 11.0. The molecule has 15 heavy (non-hydrogen) atoms. The van der Waals surface area contributed by atoms with E-state index in [-0.39, 0.29) is 12.5 Å². The highest BCUT2D eigenvalue weighted by molar-refractivity contribution is 5.97. The van der Waals surface area contributed by atoms with E-state index < -0.39 is 6.09 Å². The van der Waals surface area contributed by atoms with Crippen molar-refractivity contribution in [2.45, 2.75) is 13.0 Å². The first-order chi connectivity index (χ1) is 7.15. The first kappa shape index (κ1) is 9.45. The minimum absolute atomic E-state index is 0.0732. The molecule has 0 unspecified atom stereocenters. The molecule has 0 bridgehead atoms. The third kappa shape index (κ3) is 2.04. The van der Waals surface area contributed by atoms with Crippen LogP contribution in [0.2, 0.25) is 0 Å². The second kappa shape index (κ2) is 3.56. The van der Waals surface area contributed by atoms with Gasteiger partial charge in [-0.2, -0.15) is 0 Å². The van der Waals surface area contributed by atoms with Crippen LogP contribution in [0.3, 0.4) is 0 Å². The molecule has 2 heterocycles. The molecule has 2 amide bonds. The molecule has 1 aromatic rings. The molecule has 6 heteroatoms. The van der Waals surface area contributed by atoms with E-state index in [2.05, 4.69) is 15.0 Å². The Kier molecular flexibility index (Phi) is 2.24. The predicted octanol–water partition coefficient (Wildman–Crippen LogP) is 0.172. The molecule has 0 spiro atoms. The maximum atomic E-state index is 11.0. The fourth-order valence-electron chi connectivity index (χ4n) is 1.39. The van der Waals surface area contributed by atoms with Crippen LogP contribution in [0.4, 0.5) is 10.6 Å². The highest BCUT2D eigenvalue weighted by Gasteiger charge is 2.18. The van der Waals surface area contributed by atoms with Gasteiger partial charge in [-0.15, -0.1) is 0 Å². The Morgan fingerprint density at radius 2 is 2.47 bits per heavy atom. The summed E-state index contributed by atoms with van der Waals surface area (Å²) >= 11 is 0. The molecule has 78 valence electrons. The Bertz CT molecular complexity index is 431. The number of carbonyl (C=O) groups is 2. The second-order valence-corrected chi connectivity index (χ2v) is 3.18. The zero-order valence-electron chi connectivity index (χ0n) is 7.82. The summed E-state index contributed by atoms with van der Waals surface area (Å²) in [5.74, 6) is 0.494. The van der Waals surface area contributed by atoms with Crippen molar-refractivity contribution in [3.05, 3.63) is 23.4 Å². The van der Waals surface area contributed by atoms with Gasteiger partial charge >= 0.3 is 6.09 Å². The molecule has 1 aliphatic heterocycles. The quantitative estimate of drug-likeness (QED) is 0.722. The number of carbonyl (C=O) groups excluding carboxylic acids is 2. The monoisotopic (exact) mass is 207 g/mol. The fraction of sp³-hybridized carbons (Fsp3) is 0.222. The molecule has 1 aromatic heterocycles.